The van der Waals surface area contributed by atoms with Crippen LogP contribution in [0, 0.1) is 15.9 Å². The quantitative estimate of drug-likeness (QED) is 0.512. The van der Waals surface area contributed by atoms with E-state index in [1.54, 1.807) is 0 Å². The number of rotatable bonds is 6. The number of hydrogen-bond acceptors (Lipinski definition) is 5. The van der Waals surface area contributed by atoms with Gasteiger partial charge in [0.1, 0.15) is 5.82 Å². The van der Waals surface area contributed by atoms with E-state index in [0.717, 1.165) is 6.07 Å². The molecule has 0 saturated carbocycles. The molecule has 1 aromatic carbocycles. The summed E-state index contributed by atoms with van der Waals surface area (Å²) < 4.78 is 13.1. The molecule has 0 fully saturated rings. The van der Waals surface area contributed by atoms with Crippen molar-refractivity contribution >= 4 is 5.69 Å². The Labute approximate surface area is 103 Å². The standard InChI is InChI=1S/C11H15FN2O4/c1-11(16,7-15)6-13-5-8-2-9(12)4-10(3-8)14(17)18/h2-4,13,15-16H,5-7H2,1H3. The van der Waals surface area contributed by atoms with Crippen LogP contribution < -0.4 is 5.32 Å². The summed E-state index contributed by atoms with van der Waals surface area (Å²) in [4.78, 5) is 9.86. The molecule has 6 nitrogen and oxygen atoms in total. The van der Waals surface area contributed by atoms with E-state index in [0.29, 0.717) is 5.56 Å². The first-order valence-electron chi connectivity index (χ1n) is 5.32. The smallest absolute Gasteiger partial charge is 0.272 e. The fraction of sp³-hybridized carbons (Fsp3) is 0.455. The van der Waals surface area contributed by atoms with Gasteiger partial charge in [0.15, 0.2) is 0 Å². The van der Waals surface area contributed by atoms with Crippen LogP contribution in [0.5, 0.6) is 0 Å². The fourth-order valence-corrected chi connectivity index (χ4v) is 1.37. The van der Waals surface area contributed by atoms with E-state index < -0.39 is 22.9 Å². The lowest BCUT2D eigenvalue weighted by atomic mass is 10.1. The van der Waals surface area contributed by atoms with Gasteiger partial charge in [0.25, 0.3) is 5.69 Å². The minimum absolute atomic E-state index is 0.0911. The highest BCUT2D eigenvalue weighted by Crippen LogP contribution is 2.16. The first-order chi connectivity index (χ1) is 8.34. The Balaban J connectivity index is 2.65. The zero-order chi connectivity index (χ0) is 13.8. The lowest BCUT2D eigenvalue weighted by Crippen LogP contribution is -2.40. The van der Waals surface area contributed by atoms with Crippen LogP contribution in [0.3, 0.4) is 0 Å². The van der Waals surface area contributed by atoms with Crippen LogP contribution in [0.25, 0.3) is 0 Å². The minimum Gasteiger partial charge on any atom is -0.393 e. The topological polar surface area (TPSA) is 95.6 Å². The van der Waals surface area contributed by atoms with E-state index in [1.807, 2.05) is 0 Å². The molecule has 0 aromatic heterocycles. The molecule has 0 aliphatic heterocycles. The predicted octanol–water partition coefficient (Wildman–Crippen LogP) is 0.567. The van der Waals surface area contributed by atoms with E-state index in [9.17, 15) is 19.6 Å². The minimum atomic E-state index is -1.28. The van der Waals surface area contributed by atoms with Gasteiger partial charge in [0, 0.05) is 19.2 Å². The Hall–Kier alpha value is -1.57. The Morgan fingerprint density at radius 3 is 2.72 bits per heavy atom. The van der Waals surface area contributed by atoms with Gasteiger partial charge in [-0.25, -0.2) is 4.39 Å². The maximum Gasteiger partial charge on any atom is 0.272 e. The number of aliphatic hydroxyl groups excluding tert-OH is 1. The summed E-state index contributed by atoms with van der Waals surface area (Å²) in [6.45, 7) is 1.28. The third kappa shape index (κ3) is 4.36. The second kappa shape index (κ2) is 5.85. The first kappa shape index (κ1) is 14.5. The number of benzene rings is 1. The van der Waals surface area contributed by atoms with Crippen LogP contribution >= 0.6 is 0 Å². The molecule has 18 heavy (non-hydrogen) atoms. The average Bonchev–Trinajstić information content (AvgIpc) is 2.28. The normalized spacial score (nSPS) is 14.2. The SMILES string of the molecule is CC(O)(CO)CNCc1cc(F)cc([N+](=O)[O-])c1. The fourth-order valence-electron chi connectivity index (χ4n) is 1.37. The maximum atomic E-state index is 13.1. The van der Waals surface area contributed by atoms with Crippen LogP contribution in [-0.2, 0) is 6.54 Å². The van der Waals surface area contributed by atoms with Gasteiger partial charge in [-0.05, 0) is 18.6 Å². The van der Waals surface area contributed by atoms with E-state index in [4.69, 9.17) is 5.11 Å². The van der Waals surface area contributed by atoms with Crippen molar-refractivity contribution in [2.75, 3.05) is 13.2 Å². The van der Waals surface area contributed by atoms with Crippen LogP contribution in [0.2, 0.25) is 0 Å². The third-order valence-corrected chi connectivity index (χ3v) is 2.33. The van der Waals surface area contributed by atoms with Crippen molar-refractivity contribution in [3.63, 3.8) is 0 Å². The number of halogens is 1. The van der Waals surface area contributed by atoms with Crippen LogP contribution in [-0.4, -0.2) is 33.9 Å². The molecule has 0 amide bonds. The van der Waals surface area contributed by atoms with Gasteiger partial charge in [0.05, 0.1) is 23.2 Å². The van der Waals surface area contributed by atoms with E-state index >= 15 is 0 Å². The van der Waals surface area contributed by atoms with E-state index in [1.165, 1.54) is 19.1 Å². The molecule has 0 radical (unpaired) electrons. The van der Waals surface area contributed by atoms with Crippen LogP contribution in [0.1, 0.15) is 12.5 Å². The summed E-state index contributed by atoms with van der Waals surface area (Å²) in [5.74, 6) is -0.685. The van der Waals surface area contributed by atoms with Crippen molar-refractivity contribution in [1.82, 2.24) is 5.32 Å². The number of nitro groups is 1. The molecule has 0 saturated heterocycles. The molecule has 1 rings (SSSR count). The summed E-state index contributed by atoms with van der Waals surface area (Å²) in [5.41, 5.74) is -1.20. The molecule has 1 unspecified atom stereocenters. The van der Waals surface area contributed by atoms with Gasteiger partial charge in [-0.15, -0.1) is 0 Å². The molecule has 100 valence electrons. The number of nitrogens with zero attached hydrogens (tertiary/aromatic N) is 1. The molecule has 0 spiro atoms. The highest BCUT2D eigenvalue weighted by molar-refractivity contribution is 5.35. The number of non-ortho nitro benzene ring substituents is 1. The van der Waals surface area contributed by atoms with Crippen LogP contribution in [0.15, 0.2) is 18.2 Å². The predicted molar refractivity (Wildman–Crippen MR) is 62.5 cm³/mol. The molecular weight excluding hydrogens is 243 g/mol. The molecule has 1 aromatic rings. The maximum absolute atomic E-state index is 13.1. The summed E-state index contributed by atoms with van der Waals surface area (Å²) in [6.07, 6.45) is 0. The van der Waals surface area contributed by atoms with Gasteiger partial charge in [0.2, 0.25) is 0 Å². The molecule has 0 aliphatic carbocycles. The second-order valence-corrected chi connectivity index (χ2v) is 4.33. The van der Waals surface area contributed by atoms with Crippen molar-refractivity contribution in [3.05, 3.63) is 39.7 Å². The van der Waals surface area contributed by atoms with Crippen molar-refractivity contribution in [1.29, 1.82) is 0 Å². The van der Waals surface area contributed by atoms with Gasteiger partial charge < -0.3 is 15.5 Å². The molecular formula is C11H15FN2O4. The monoisotopic (exact) mass is 258 g/mol. The number of aliphatic hydroxyl groups is 2. The highest BCUT2D eigenvalue weighted by atomic mass is 19.1. The van der Waals surface area contributed by atoms with Gasteiger partial charge in [-0.1, -0.05) is 0 Å². The zero-order valence-electron chi connectivity index (χ0n) is 9.89. The molecule has 0 aliphatic rings. The highest BCUT2D eigenvalue weighted by Gasteiger charge is 2.18. The zero-order valence-corrected chi connectivity index (χ0v) is 9.89. The van der Waals surface area contributed by atoms with Gasteiger partial charge >= 0.3 is 0 Å². The van der Waals surface area contributed by atoms with Crippen molar-refractivity contribution < 1.29 is 19.5 Å². The summed E-state index contributed by atoms with van der Waals surface area (Å²) in [5, 5.41) is 31.6. The Bertz CT molecular complexity index is 437. The summed E-state index contributed by atoms with van der Waals surface area (Å²) >= 11 is 0. The van der Waals surface area contributed by atoms with Gasteiger partial charge in [-0.3, -0.25) is 10.1 Å². The average molecular weight is 258 g/mol. The van der Waals surface area contributed by atoms with E-state index in [-0.39, 0.29) is 18.8 Å². The molecule has 0 bridgehead atoms. The molecule has 7 heteroatoms. The molecule has 3 N–H and O–H groups in total. The Morgan fingerprint density at radius 2 is 2.17 bits per heavy atom. The lowest BCUT2D eigenvalue weighted by molar-refractivity contribution is -0.385. The molecule has 0 heterocycles. The van der Waals surface area contributed by atoms with Crippen molar-refractivity contribution in [3.8, 4) is 0 Å². The Morgan fingerprint density at radius 1 is 1.50 bits per heavy atom. The van der Waals surface area contributed by atoms with Gasteiger partial charge in [-0.2, -0.15) is 0 Å². The second-order valence-electron chi connectivity index (χ2n) is 4.33. The summed E-state index contributed by atoms with van der Waals surface area (Å²) in [6, 6.07) is 3.27. The van der Waals surface area contributed by atoms with Crippen LogP contribution in [0.4, 0.5) is 10.1 Å². The first-order valence-corrected chi connectivity index (χ1v) is 5.32. The lowest BCUT2D eigenvalue weighted by Gasteiger charge is -2.20. The largest absolute Gasteiger partial charge is 0.393 e. The van der Waals surface area contributed by atoms with E-state index in [2.05, 4.69) is 5.32 Å². The Kier molecular flexibility index (Phi) is 4.71. The number of hydrogen-bond donors (Lipinski definition) is 3. The number of nitrogens with one attached hydrogen (secondary N) is 1. The van der Waals surface area contributed by atoms with Crippen molar-refractivity contribution in [2.45, 2.75) is 19.1 Å². The summed E-state index contributed by atoms with van der Waals surface area (Å²) in [7, 11) is 0. The molecule has 1 atom stereocenters. The van der Waals surface area contributed by atoms with Crippen molar-refractivity contribution in [2.24, 2.45) is 0 Å². The third-order valence-electron chi connectivity index (χ3n) is 2.33. The number of nitro benzene ring substituents is 1.